The van der Waals surface area contributed by atoms with Crippen molar-refractivity contribution in [2.24, 2.45) is 10.3 Å². The van der Waals surface area contributed by atoms with Crippen LogP contribution in [0.2, 0.25) is 0 Å². The van der Waals surface area contributed by atoms with Crippen LogP contribution in [0.1, 0.15) is 5.56 Å². The number of oxime groups is 2. The summed E-state index contributed by atoms with van der Waals surface area (Å²) in [6, 6.07) is 8.33. The third-order valence-electron chi connectivity index (χ3n) is 3.10. The highest BCUT2D eigenvalue weighted by Crippen LogP contribution is 2.25. The Kier molecular flexibility index (Phi) is 5.76. The highest BCUT2D eigenvalue weighted by molar-refractivity contribution is 6.45. The molecule has 0 radical (unpaired) electrons. The first kappa shape index (κ1) is 17.4. The summed E-state index contributed by atoms with van der Waals surface area (Å²) < 4.78 is 28.2. The van der Waals surface area contributed by atoms with Crippen LogP contribution in [0.25, 0.3) is 0 Å². The van der Waals surface area contributed by atoms with E-state index in [4.69, 9.17) is 23.9 Å². The van der Waals surface area contributed by atoms with Gasteiger partial charge in [-0.2, -0.15) is 4.98 Å². The maximum Gasteiger partial charge on any atom is 0.325 e. The van der Waals surface area contributed by atoms with Crippen molar-refractivity contribution in [1.82, 2.24) is 9.97 Å². The van der Waals surface area contributed by atoms with Crippen LogP contribution in [-0.4, -0.2) is 48.8 Å². The van der Waals surface area contributed by atoms with Gasteiger partial charge in [0, 0.05) is 12.3 Å². The largest absolute Gasteiger partial charge is 0.470 e. The summed E-state index contributed by atoms with van der Waals surface area (Å²) in [5.41, 5.74) is 0.790. The quantitative estimate of drug-likeness (QED) is 0.551. The van der Waals surface area contributed by atoms with E-state index in [1.54, 1.807) is 24.3 Å². The molecule has 0 fully saturated rings. The molecule has 0 saturated heterocycles. The summed E-state index contributed by atoms with van der Waals surface area (Å²) >= 11 is 0. The SMILES string of the molecule is CO/N=C(\C1=NOCCO1)c1ccccc1Oc1nccc(OCF)n1. The Hall–Kier alpha value is -3.43. The Labute approximate surface area is 148 Å². The molecule has 0 spiro atoms. The molecule has 0 aliphatic carbocycles. The van der Waals surface area contributed by atoms with E-state index in [-0.39, 0.29) is 23.5 Å². The average Bonchev–Trinajstić information content (AvgIpc) is 2.68. The van der Waals surface area contributed by atoms with E-state index in [9.17, 15) is 4.39 Å². The molecule has 2 heterocycles. The van der Waals surface area contributed by atoms with Gasteiger partial charge < -0.3 is 23.9 Å². The van der Waals surface area contributed by atoms with Gasteiger partial charge in [-0.25, -0.2) is 9.37 Å². The number of aromatic nitrogens is 2. The summed E-state index contributed by atoms with van der Waals surface area (Å²) in [4.78, 5) is 17.9. The number of nitrogens with zero attached hydrogens (tertiary/aromatic N) is 4. The van der Waals surface area contributed by atoms with E-state index in [1.807, 2.05) is 0 Å². The second-order valence-corrected chi connectivity index (χ2v) is 4.73. The number of hydrogen-bond donors (Lipinski definition) is 0. The fourth-order valence-electron chi connectivity index (χ4n) is 2.07. The van der Waals surface area contributed by atoms with Crippen molar-refractivity contribution in [2.45, 2.75) is 0 Å². The van der Waals surface area contributed by atoms with Crippen LogP contribution in [0.3, 0.4) is 0 Å². The van der Waals surface area contributed by atoms with Crippen LogP contribution in [0.4, 0.5) is 4.39 Å². The van der Waals surface area contributed by atoms with Gasteiger partial charge in [-0.3, -0.25) is 0 Å². The van der Waals surface area contributed by atoms with E-state index in [0.717, 1.165) is 0 Å². The summed E-state index contributed by atoms with van der Waals surface area (Å²) in [5.74, 6) is 0.566. The molecule has 1 aliphatic rings. The van der Waals surface area contributed by atoms with Gasteiger partial charge >= 0.3 is 6.01 Å². The molecule has 0 unspecified atom stereocenters. The molecule has 136 valence electrons. The van der Waals surface area contributed by atoms with Gasteiger partial charge in [0.05, 0.1) is 5.56 Å². The predicted molar refractivity (Wildman–Crippen MR) is 88.0 cm³/mol. The Bertz CT molecular complexity index is 815. The topological polar surface area (TPSA) is 96.7 Å². The molecule has 0 amide bonds. The van der Waals surface area contributed by atoms with Crippen molar-refractivity contribution in [1.29, 1.82) is 0 Å². The molecule has 0 N–H and O–H groups in total. The molecule has 3 rings (SSSR count). The number of para-hydroxylation sites is 1. The number of alkyl halides is 1. The van der Waals surface area contributed by atoms with E-state index in [2.05, 4.69) is 20.3 Å². The van der Waals surface area contributed by atoms with Gasteiger partial charge in [0.25, 0.3) is 5.90 Å². The zero-order chi connectivity index (χ0) is 18.2. The molecule has 0 saturated carbocycles. The van der Waals surface area contributed by atoms with Crippen LogP contribution in [0.5, 0.6) is 17.6 Å². The van der Waals surface area contributed by atoms with Gasteiger partial charge in [-0.15, -0.1) is 0 Å². The van der Waals surface area contributed by atoms with Crippen LogP contribution >= 0.6 is 0 Å². The van der Waals surface area contributed by atoms with Crippen LogP contribution in [0.15, 0.2) is 46.8 Å². The standard InChI is InChI=1S/C16H15FN4O5/c1-22-20-14(15-21-25-9-8-23-15)11-4-2-3-5-12(11)26-16-18-7-6-13(19-16)24-10-17/h2-7H,8-10H2,1H3/b20-14-. The number of benzene rings is 1. The molecule has 10 heteroatoms. The van der Waals surface area contributed by atoms with Crippen molar-refractivity contribution >= 4 is 11.6 Å². The summed E-state index contributed by atoms with van der Waals surface area (Å²) in [5, 5.41) is 7.80. The Balaban J connectivity index is 1.93. The van der Waals surface area contributed by atoms with Crippen molar-refractivity contribution in [2.75, 3.05) is 27.2 Å². The summed E-state index contributed by atoms with van der Waals surface area (Å²) in [6.45, 7) is -0.331. The molecular formula is C16H15FN4O5. The van der Waals surface area contributed by atoms with E-state index in [0.29, 0.717) is 24.5 Å². The third kappa shape index (κ3) is 4.15. The lowest BCUT2D eigenvalue weighted by Gasteiger charge is -2.16. The molecular weight excluding hydrogens is 347 g/mol. The van der Waals surface area contributed by atoms with Crippen molar-refractivity contribution in [3.05, 3.63) is 42.1 Å². The number of halogens is 1. The highest BCUT2D eigenvalue weighted by atomic mass is 19.1. The van der Waals surface area contributed by atoms with Gasteiger partial charge in [0.1, 0.15) is 19.5 Å². The maximum absolute atomic E-state index is 12.3. The Morgan fingerprint density at radius 3 is 2.92 bits per heavy atom. The smallest absolute Gasteiger partial charge is 0.325 e. The fraction of sp³-hybridized carbons (Fsp3) is 0.250. The minimum absolute atomic E-state index is 0.0251. The minimum atomic E-state index is -1.01. The molecule has 1 aliphatic heterocycles. The Morgan fingerprint density at radius 2 is 2.15 bits per heavy atom. The normalized spacial score (nSPS) is 13.9. The first-order valence-corrected chi connectivity index (χ1v) is 7.55. The molecule has 9 nitrogen and oxygen atoms in total. The lowest BCUT2D eigenvalue weighted by Crippen LogP contribution is -2.25. The molecule has 0 atom stereocenters. The lowest BCUT2D eigenvalue weighted by atomic mass is 10.1. The number of rotatable bonds is 7. The third-order valence-corrected chi connectivity index (χ3v) is 3.10. The monoisotopic (exact) mass is 362 g/mol. The van der Waals surface area contributed by atoms with Crippen molar-refractivity contribution in [3.8, 4) is 17.6 Å². The van der Waals surface area contributed by atoms with Gasteiger partial charge in [0.2, 0.25) is 12.7 Å². The molecule has 2 aromatic rings. The first-order chi connectivity index (χ1) is 12.8. The molecule has 1 aromatic carbocycles. The summed E-state index contributed by atoms with van der Waals surface area (Å²) in [7, 11) is 1.40. The second kappa shape index (κ2) is 8.60. The van der Waals surface area contributed by atoms with Gasteiger partial charge in [-0.05, 0) is 17.3 Å². The fourth-order valence-corrected chi connectivity index (χ4v) is 2.07. The van der Waals surface area contributed by atoms with Gasteiger partial charge in [-0.1, -0.05) is 17.3 Å². The predicted octanol–water partition coefficient (Wildman–Crippen LogP) is 2.29. The zero-order valence-corrected chi connectivity index (χ0v) is 13.8. The van der Waals surface area contributed by atoms with Crippen LogP contribution in [0, 0.1) is 0 Å². The van der Waals surface area contributed by atoms with Crippen LogP contribution in [-0.2, 0) is 14.4 Å². The van der Waals surface area contributed by atoms with Crippen molar-refractivity contribution < 1.29 is 28.3 Å². The Morgan fingerprint density at radius 1 is 1.27 bits per heavy atom. The average molecular weight is 362 g/mol. The number of ether oxygens (including phenoxy) is 3. The van der Waals surface area contributed by atoms with Crippen molar-refractivity contribution in [3.63, 3.8) is 0 Å². The molecule has 1 aromatic heterocycles. The highest BCUT2D eigenvalue weighted by Gasteiger charge is 2.22. The summed E-state index contributed by atoms with van der Waals surface area (Å²) in [6.07, 6.45) is 1.39. The van der Waals surface area contributed by atoms with Crippen LogP contribution < -0.4 is 9.47 Å². The van der Waals surface area contributed by atoms with E-state index < -0.39 is 6.86 Å². The zero-order valence-electron chi connectivity index (χ0n) is 13.8. The van der Waals surface area contributed by atoms with E-state index >= 15 is 0 Å². The van der Waals surface area contributed by atoms with E-state index in [1.165, 1.54) is 19.4 Å². The van der Waals surface area contributed by atoms with Gasteiger partial charge in [0.15, 0.2) is 12.3 Å². The molecule has 26 heavy (non-hydrogen) atoms. The first-order valence-electron chi connectivity index (χ1n) is 7.55. The lowest BCUT2D eigenvalue weighted by molar-refractivity contribution is 0.0672. The molecule has 0 bridgehead atoms. The second-order valence-electron chi connectivity index (χ2n) is 4.73. The number of hydrogen-bond acceptors (Lipinski definition) is 9. The maximum atomic E-state index is 12.3. The minimum Gasteiger partial charge on any atom is -0.470 e.